The van der Waals surface area contributed by atoms with Crippen LogP contribution in [-0.4, -0.2) is 41.6 Å². The van der Waals surface area contributed by atoms with Gasteiger partial charge in [-0.15, -0.1) is 0 Å². The van der Waals surface area contributed by atoms with Crippen LogP contribution in [0.25, 0.3) is 10.8 Å². The molecule has 3 aromatic carbocycles. The number of aromatic amines is 1. The lowest BCUT2D eigenvalue weighted by molar-refractivity contribution is -0.131. The lowest BCUT2D eigenvalue weighted by Crippen LogP contribution is -2.35. The lowest BCUT2D eigenvalue weighted by Gasteiger charge is -2.28. The van der Waals surface area contributed by atoms with Gasteiger partial charge in [-0.3, -0.25) is 14.9 Å². The fourth-order valence-electron chi connectivity index (χ4n) is 5.60. The molecule has 0 aliphatic carbocycles. The summed E-state index contributed by atoms with van der Waals surface area (Å²) in [6.07, 6.45) is 0.987. The molecule has 4 bridgehead atoms. The van der Waals surface area contributed by atoms with Crippen LogP contribution >= 0.6 is 0 Å². The van der Waals surface area contributed by atoms with Gasteiger partial charge in [-0.25, -0.2) is 4.79 Å². The van der Waals surface area contributed by atoms with Gasteiger partial charge in [0, 0.05) is 48.0 Å². The third-order valence-corrected chi connectivity index (χ3v) is 7.69. The number of hydrogen-bond donors (Lipinski definition) is 3. The number of aromatic nitrogens is 1. The predicted molar refractivity (Wildman–Crippen MR) is 169 cm³/mol. The molecule has 4 aromatic rings. The Morgan fingerprint density at radius 3 is 2.53 bits per heavy atom. The molecule has 9 nitrogen and oxygen atoms in total. The summed E-state index contributed by atoms with van der Waals surface area (Å²) in [5.41, 5.74) is 5.38. The maximum Gasteiger partial charge on any atom is 0.411 e. The molecule has 224 valence electrons. The van der Waals surface area contributed by atoms with E-state index < -0.39 is 12.1 Å². The number of anilines is 2. The minimum atomic E-state index is -0.740. The van der Waals surface area contributed by atoms with Crippen molar-refractivity contribution in [2.75, 3.05) is 24.3 Å². The molecular formula is C34H38N4O5. The number of H-pyrrole nitrogens is 1. The number of amides is 2. The Bertz CT molecular complexity index is 1750. The largest absolute Gasteiger partial charge is 0.490 e. The zero-order chi connectivity index (χ0) is 30.8. The van der Waals surface area contributed by atoms with Crippen LogP contribution in [-0.2, 0) is 16.1 Å². The number of nitrogens with one attached hydrogen (secondary N) is 3. The second-order valence-corrected chi connectivity index (χ2v) is 11.6. The maximum atomic E-state index is 14.3. The van der Waals surface area contributed by atoms with E-state index in [0.29, 0.717) is 22.5 Å². The molecule has 0 fully saturated rings. The van der Waals surface area contributed by atoms with Crippen LogP contribution in [0.3, 0.4) is 0 Å². The first-order chi connectivity index (χ1) is 20.5. The fourth-order valence-corrected chi connectivity index (χ4v) is 5.60. The van der Waals surface area contributed by atoms with E-state index in [-0.39, 0.29) is 36.6 Å². The van der Waals surface area contributed by atoms with Crippen molar-refractivity contribution >= 4 is 34.1 Å². The summed E-state index contributed by atoms with van der Waals surface area (Å²) in [6.45, 7) is 10.2. The highest BCUT2D eigenvalue weighted by Crippen LogP contribution is 2.33. The van der Waals surface area contributed by atoms with Gasteiger partial charge in [-0.1, -0.05) is 31.2 Å². The highest BCUT2D eigenvalue weighted by molar-refractivity contribution is 5.89. The summed E-state index contributed by atoms with van der Waals surface area (Å²) in [5.74, 6) is 0.436. The highest BCUT2D eigenvalue weighted by atomic mass is 16.5. The zero-order valence-corrected chi connectivity index (χ0v) is 25.4. The number of rotatable bonds is 4. The molecule has 1 aromatic heterocycles. The molecule has 3 heterocycles. The molecule has 0 saturated heterocycles. The number of benzene rings is 3. The van der Waals surface area contributed by atoms with E-state index >= 15 is 0 Å². The molecule has 3 N–H and O–H groups in total. The van der Waals surface area contributed by atoms with Gasteiger partial charge in [0.2, 0.25) is 5.91 Å². The Kier molecular flexibility index (Phi) is 8.43. The van der Waals surface area contributed by atoms with E-state index in [2.05, 4.69) is 15.6 Å². The standard InChI is InChI=1S/C34H38N4O5/c1-19(2)43-31-21(4)14-27-15-25(31)17-38(6)33(40)30(36-26-9-7-23-11-12-35-32(39)29(23)16-26)24-8-10-28(20(3)13-24)22(5)18-42-34(41)37-27/h7-16,19,22,30,36H,17-18H2,1-6H3,(H,35,39)(H,37,41)/t22-,30+/m0/s1. The van der Waals surface area contributed by atoms with Crippen molar-refractivity contribution in [3.63, 3.8) is 0 Å². The van der Waals surface area contributed by atoms with Crippen molar-refractivity contribution in [3.05, 3.63) is 99.0 Å². The maximum absolute atomic E-state index is 14.3. The third kappa shape index (κ3) is 6.51. The number of nitrogens with zero attached hydrogens (tertiary/aromatic N) is 1. The Morgan fingerprint density at radius 2 is 1.79 bits per heavy atom. The average Bonchev–Trinajstić information content (AvgIpc) is 2.96. The predicted octanol–water partition coefficient (Wildman–Crippen LogP) is 6.41. The molecule has 0 unspecified atom stereocenters. The fraction of sp³-hybridized carbons (Fsp3) is 0.324. The Hall–Kier alpha value is -4.79. The number of carbonyl (C=O) groups is 2. The number of hydrogen-bond acceptors (Lipinski definition) is 6. The van der Waals surface area contributed by atoms with Crippen LogP contribution in [0.1, 0.15) is 60.5 Å². The molecule has 0 radical (unpaired) electrons. The number of fused-ring (bicyclic) bond motifs is 10. The third-order valence-electron chi connectivity index (χ3n) is 7.69. The van der Waals surface area contributed by atoms with Crippen LogP contribution in [0.5, 0.6) is 5.75 Å². The topological polar surface area (TPSA) is 113 Å². The van der Waals surface area contributed by atoms with Crippen LogP contribution in [0.4, 0.5) is 16.2 Å². The van der Waals surface area contributed by atoms with E-state index in [1.807, 2.05) is 83.1 Å². The molecule has 43 heavy (non-hydrogen) atoms. The number of likely N-dealkylation sites (N-methyl/N-ethyl adjacent to an activating group) is 1. The quantitative estimate of drug-likeness (QED) is 0.256. The van der Waals surface area contributed by atoms with E-state index in [1.165, 1.54) is 0 Å². The van der Waals surface area contributed by atoms with Crippen LogP contribution < -0.4 is 20.9 Å². The van der Waals surface area contributed by atoms with Crippen molar-refractivity contribution in [3.8, 4) is 5.75 Å². The summed E-state index contributed by atoms with van der Waals surface area (Å²) >= 11 is 0. The summed E-state index contributed by atoms with van der Waals surface area (Å²) in [7, 11) is 1.75. The van der Waals surface area contributed by atoms with Gasteiger partial charge in [0.15, 0.2) is 0 Å². The molecule has 2 aliphatic rings. The van der Waals surface area contributed by atoms with Gasteiger partial charge < -0.3 is 24.7 Å². The minimum Gasteiger partial charge on any atom is -0.490 e. The molecule has 2 amide bonds. The van der Waals surface area contributed by atoms with E-state index in [9.17, 15) is 14.4 Å². The van der Waals surface area contributed by atoms with E-state index in [0.717, 1.165) is 33.2 Å². The molecule has 2 aliphatic heterocycles. The Balaban J connectivity index is 1.60. The summed E-state index contributed by atoms with van der Waals surface area (Å²) < 4.78 is 11.8. The van der Waals surface area contributed by atoms with E-state index in [4.69, 9.17) is 9.47 Å². The van der Waals surface area contributed by atoms with Crippen molar-refractivity contribution in [2.45, 2.75) is 59.2 Å². The summed E-state index contributed by atoms with van der Waals surface area (Å²) in [4.78, 5) is 43.9. The van der Waals surface area contributed by atoms with Crippen molar-refractivity contribution in [2.24, 2.45) is 0 Å². The van der Waals surface area contributed by atoms with Crippen molar-refractivity contribution in [1.82, 2.24) is 9.88 Å². The number of ether oxygens (including phenoxy) is 2. The lowest BCUT2D eigenvalue weighted by atomic mass is 9.93. The molecule has 9 heteroatoms. The molecule has 2 atom stereocenters. The molecule has 0 saturated carbocycles. The number of carbonyl (C=O) groups excluding carboxylic acids is 2. The molecular weight excluding hydrogens is 544 g/mol. The first-order valence-corrected chi connectivity index (χ1v) is 14.5. The van der Waals surface area contributed by atoms with Gasteiger partial charge in [0.05, 0.1) is 12.7 Å². The first kappa shape index (κ1) is 29.7. The number of aryl methyl sites for hydroxylation is 2. The minimum absolute atomic E-state index is 0.0659. The second-order valence-electron chi connectivity index (χ2n) is 11.6. The van der Waals surface area contributed by atoms with Gasteiger partial charge in [-0.2, -0.15) is 0 Å². The second kappa shape index (κ2) is 12.2. The first-order valence-electron chi connectivity index (χ1n) is 14.5. The van der Waals surface area contributed by atoms with Crippen LogP contribution in [0.2, 0.25) is 0 Å². The smallest absolute Gasteiger partial charge is 0.411 e. The summed E-state index contributed by atoms with van der Waals surface area (Å²) in [6, 6.07) is 16.2. The Labute approximate surface area is 251 Å². The van der Waals surface area contributed by atoms with Gasteiger partial charge >= 0.3 is 6.09 Å². The number of pyridine rings is 1. The monoisotopic (exact) mass is 582 g/mol. The molecule has 0 spiro atoms. The van der Waals surface area contributed by atoms with Crippen LogP contribution in [0, 0.1) is 13.8 Å². The Morgan fingerprint density at radius 1 is 1.00 bits per heavy atom. The zero-order valence-electron chi connectivity index (χ0n) is 25.4. The van der Waals surface area contributed by atoms with Gasteiger partial charge in [0.1, 0.15) is 11.8 Å². The van der Waals surface area contributed by atoms with Gasteiger partial charge in [-0.05, 0) is 85.7 Å². The highest BCUT2D eigenvalue weighted by Gasteiger charge is 2.27. The van der Waals surface area contributed by atoms with Crippen molar-refractivity contribution in [1.29, 1.82) is 0 Å². The van der Waals surface area contributed by atoms with Gasteiger partial charge in [0.25, 0.3) is 5.56 Å². The average molecular weight is 583 g/mol. The van der Waals surface area contributed by atoms with Crippen molar-refractivity contribution < 1.29 is 19.1 Å². The SMILES string of the molecule is Cc1cc2ccc1[C@@H](C)COC(=O)Nc1cc(C)c(OC(C)C)c(c1)CN(C)C(=O)[C@@H]2Nc1ccc2cc[nH]c(=O)c2c1. The normalized spacial score (nSPS) is 17.6. The van der Waals surface area contributed by atoms with E-state index in [1.54, 1.807) is 24.2 Å². The van der Waals surface area contributed by atoms with Crippen LogP contribution in [0.15, 0.2) is 65.6 Å². The molecule has 6 rings (SSSR count). The summed E-state index contributed by atoms with van der Waals surface area (Å²) in [5, 5.41) is 7.60.